The van der Waals surface area contributed by atoms with Crippen molar-refractivity contribution in [3.05, 3.63) is 35.4 Å². The van der Waals surface area contributed by atoms with Crippen LogP contribution in [0.2, 0.25) is 0 Å². The zero-order valence-electron chi connectivity index (χ0n) is 15.8. The third-order valence-electron chi connectivity index (χ3n) is 4.24. The predicted molar refractivity (Wildman–Crippen MR) is 97.5 cm³/mol. The molecular weight excluding hydrogens is 372 g/mol. The topological polar surface area (TPSA) is 135 Å². The zero-order chi connectivity index (χ0) is 21.0. The lowest BCUT2D eigenvalue weighted by Crippen LogP contribution is -2.30. The van der Waals surface area contributed by atoms with Gasteiger partial charge in [-0.3, -0.25) is 4.79 Å². The Morgan fingerprint density at radius 3 is 2.04 bits per heavy atom. The summed E-state index contributed by atoms with van der Waals surface area (Å²) in [4.78, 5) is 13.4. The van der Waals surface area contributed by atoms with E-state index in [1.54, 1.807) is 0 Å². The normalized spacial score (nSPS) is 12.0. The summed E-state index contributed by atoms with van der Waals surface area (Å²) < 4.78 is 20.5. The van der Waals surface area contributed by atoms with E-state index in [4.69, 9.17) is 18.9 Å². The maximum atomic E-state index is 13.4. The van der Waals surface area contributed by atoms with E-state index < -0.39 is 29.5 Å². The van der Waals surface area contributed by atoms with Crippen LogP contribution in [0, 0.1) is 0 Å². The van der Waals surface area contributed by atoms with Crippen molar-refractivity contribution < 1.29 is 44.2 Å². The molecule has 1 unspecified atom stereocenters. The van der Waals surface area contributed by atoms with Crippen LogP contribution in [-0.4, -0.2) is 60.9 Å². The number of phenols is 4. The Morgan fingerprint density at radius 2 is 1.54 bits per heavy atom. The highest BCUT2D eigenvalue weighted by atomic mass is 16.7. The first-order chi connectivity index (χ1) is 13.3. The highest BCUT2D eigenvalue weighted by Crippen LogP contribution is 2.46. The van der Waals surface area contributed by atoms with Gasteiger partial charge >= 0.3 is 0 Å². The molecule has 0 aliphatic heterocycles. The van der Waals surface area contributed by atoms with Crippen molar-refractivity contribution in [3.63, 3.8) is 0 Å². The van der Waals surface area contributed by atoms with Crippen molar-refractivity contribution in [2.24, 2.45) is 0 Å². The molecule has 2 rings (SSSR count). The third kappa shape index (κ3) is 3.75. The first kappa shape index (κ1) is 21.1. The molecule has 0 aliphatic carbocycles. The third-order valence-corrected chi connectivity index (χ3v) is 4.24. The van der Waals surface area contributed by atoms with Crippen molar-refractivity contribution in [2.75, 3.05) is 28.4 Å². The highest BCUT2D eigenvalue weighted by molar-refractivity contribution is 6.07. The molecule has 4 N–H and O–H groups in total. The summed E-state index contributed by atoms with van der Waals surface area (Å²) in [5, 5.41) is 40.3. The van der Waals surface area contributed by atoms with E-state index in [1.165, 1.54) is 40.6 Å². The number of benzene rings is 2. The van der Waals surface area contributed by atoms with Gasteiger partial charge < -0.3 is 39.4 Å². The Hall–Kier alpha value is -3.17. The van der Waals surface area contributed by atoms with Crippen molar-refractivity contribution in [1.29, 1.82) is 0 Å². The SMILES string of the molecule is COc1cc(O)c(OC)c(O)c1C(=O)C(c1ccc(O)cc1O)C(OC)OC. The summed E-state index contributed by atoms with van der Waals surface area (Å²) in [6, 6.07) is 4.80. The van der Waals surface area contributed by atoms with Crippen LogP contribution in [0.25, 0.3) is 0 Å². The number of phenolic OH excluding ortho intramolecular Hbond substituents is 4. The van der Waals surface area contributed by atoms with Crippen LogP contribution in [0.3, 0.4) is 0 Å². The van der Waals surface area contributed by atoms with E-state index in [1.807, 2.05) is 0 Å². The molecular formula is C19H22O9. The molecule has 0 spiro atoms. The van der Waals surface area contributed by atoms with E-state index in [0.29, 0.717) is 0 Å². The number of Topliss-reactive ketones (excluding diaryl/α,β-unsaturated/α-hetero) is 1. The minimum atomic E-state index is -1.25. The highest BCUT2D eigenvalue weighted by Gasteiger charge is 2.37. The number of ether oxygens (including phenoxy) is 4. The van der Waals surface area contributed by atoms with Crippen LogP contribution in [-0.2, 0) is 9.47 Å². The van der Waals surface area contributed by atoms with Crippen LogP contribution in [0.1, 0.15) is 21.8 Å². The Labute approximate surface area is 161 Å². The van der Waals surface area contributed by atoms with E-state index >= 15 is 0 Å². The Morgan fingerprint density at radius 1 is 0.893 bits per heavy atom. The van der Waals surface area contributed by atoms with E-state index in [-0.39, 0.29) is 34.1 Å². The number of hydrogen-bond donors (Lipinski definition) is 4. The van der Waals surface area contributed by atoms with Crippen molar-refractivity contribution in [2.45, 2.75) is 12.2 Å². The molecule has 1 atom stereocenters. The summed E-state index contributed by atoms with van der Waals surface area (Å²) in [6.07, 6.45) is -1.15. The molecule has 2 aromatic rings. The predicted octanol–water partition coefficient (Wildman–Crippen LogP) is 2.11. The lowest BCUT2D eigenvalue weighted by molar-refractivity contribution is -0.110. The standard InChI is InChI=1S/C19H22O9/c1-25-13-8-12(22)18(26-2)17(24)15(13)16(23)14(19(27-3)28-4)10-6-5-9(20)7-11(10)21/h5-8,14,19-22,24H,1-4H3. The fourth-order valence-corrected chi connectivity index (χ4v) is 2.94. The number of carbonyl (C=O) groups is 1. The van der Waals surface area contributed by atoms with Gasteiger partial charge in [0.1, 0.15) is 28.7 Å². The molecule has 0 saturated heterocycles. The molecule has 0 aromatic heterocycles. The second-order valence-electron chi connectivity index (χ2n) is 5.78. The summed E-state index contributed by atoms with van der Waals surface area (Å²) in [6.45, 7) is 0. The van der Waals surface area contributed by atoms with Gasteiger partial charge in [-0.05, 0) is 6.07 Å². The van der Waals surface area contributed by atoms with Gasteiger partial charge in [-0.1, -0.05) is 6.07 Å². The van der Waals surface area contributed by atoms with Crippen molar-refractivity contribution >= 4 is 5.78 Å². The second-order valence-corrected chi connectivity index (χ2v) is 5.78. The minimum absolute atomic E-state index is 0.0880. The van der Waals surface area contributed by atoms with Crippen LogP contribution in [0.15, 0.2) is 24.3 Å². The first-order valence-electron chi connectivity index (χ1n) is 8.09. The zero-order valence-corrected chi connectivity index (χ0v) is 15.8. The number of aromatic hydroxyl groups is 4. The van der Waals surface area contributed by atoms with Gasteiger partial charge in [0.2, 0.25) is 5.75 Å². The molecule has 152 valence electrons. The number of methoxy groups -OCH3 is 4. The molecule has 0 radical (unpaired) electrons. The molecule has 0 heterocycles. The summed E-state index contributed by atoms with van der Waals surface area (Å²) in [7, 11) is 5.08. The van der Waals surface area contributed by atoms with Crippen LogP contribution in [0.4, 0.5) is 0 Å². The Bertz CT molecular complexity index is 859. The summed E-state index contributed by atoms with van der Waals surface area (Å²) in [5.41, 5.74) is -0.210. The molecule has 2 aromatic carbocycles. The second kappa shape index (κ2) is 8.68. The van der Waals surface area contributed by atoms with Gasteiger partial charge in [-0.25, -0.2) is 0 Å². The molecule has 28 heavy (non-hydrogen) atoms. The van der Waals surface area contributed by atoms with E-state index in [0.717, 1.165) is 12.1 Å². The van der Waals surface area contributed by atoms with Gasteiger partial charge in [0, 0.05) is 31.9 Å². The van der Waals surface area contributed by atoms with Crippen molar-refractivity contribution in [1.82, 2.24) is 0 Å². The molecule has 0 saturated carbocycles. The van der Waals surface area contributed by atoms with Gasteiger partial charge in [-0.15, -0.1) is 0 Å². The number of carbonyl (C=O) groups excluding carboxylic acids is 1. The van der Waals surface area contributed by atoms with Gasteiger partial charge in [0.15, 0.2) is 23.6 Å². The lowest BCUT2D eigenvalue weighted by Gasteiger charge is -2.26. The lowest BCUT2D eigenvalue weighted by atomic mass is 9.88. The monoisotopic (exact) mass is 394 g/mol. The van der Waals surface area contributed by atoms with Crippen LogP contribution < -0.4 is 9.47 Å². The Balaban J connectivity index is 2.73. The largest absolute Gasteiger partial charge is 0.508 e. The number of ketones is 1. The maximum Gasteiger partial charge on any atom is 0.203 e. The summed E-state index contributed by atoms with van der Waals surface area (Å²) >= 11 is 0. The fraction of sp³-hybridized carbons (Fsp3) is 0.316. The minimum Gasteiger partial charge on any atom is -0.508 e. The molecule has 0 aliphatic rings. The van der Waals surface area contributed by atoms with Gasteiger partial charge in [0.05, 0.1) is 14.2 Å². The molecule has 0 fully saturated rings. The quantitative estimate of drug-likeness (QED) is 0.392. The van der Waals surface area contributed by atoms with Crippen LogP contribution >= 0.6 is 0 Å². The number of rotatable bonds is 8. The van der Waals surface area contributed by atoms with Gasteiger partial charge in [0.25, 0.3) is 0 Å². The average molecular weight is 394 g/mol. The molecule has 0 bridgehead atoms. The average Bonchev–Trinajstić information content (AvgIpc) is 2.66. The number of hydrogen-bond acceptors (Lipinski definition) is 9. The Kier molecular flexibility index (Phi) is 6.55. The molecule has 0 amide bonds. The molecule has 9 heteroatoms. The van der Waals surface area contributed by atoms with E-state index in [2.05, 4.69) is 0 Å². The maximum absolute atomic E-state index is 13.4. The first-order valence-corrected chi connectivity index (χ1v) is 8.09. The van der Waals surface area contributed by atoms with Gasteiger partial charge in [-0.2, -0.15) is 0 Å². The fourth-order valence-electron chi connectivity index (χ4n) is 2.94. The smallest absolute Gasteiger partial charge is 0.203 e. The summed E-state index contributed by atoms with van der Waals surface area (Å²) in [5.74, 6) is -4.05. The van der Waals surface area contributed by atoms with Crippen molar-refractivity contribution in [3.8, 4) is 34.5 Å². The molecule has 9 nitrogen and oxygen atoms in total. The van der Waals surface area contributed by atoms with E-state index in [9.17, 15) is 25.2 Å². The van der Waals surface area contributed by atoms with Crippen LogP contribution in [0.5, 0.6) is 34.5 Å².